The molecule has 0 bridgehead atoms. The lowest BCUT2D eigenvalue weighted by atomic mass is 9.82. The Balaban J connectivity index is 2.45. The van der Waals surface area contributed by atoms with Gasteiger partial charge >= 0.3 is 0 Å². The minimum atomic E-state index is -0.440. The van der Waals surface area contributed by atoms with Gasteiger partial charge in [0.2, 0.25) is 0 Å². The van der Waals surface area contributed by atoms with Crippen LogP contribution in [0.3, 0.4) is 0 Å². The van der Waals surface area contributed by atoms with Gasteiger partial charge in [-0.15, -0.1) is 0 Å². The number of hydrogen-bond acceptors (Lipinski definition) is 1. The molecule has 19 heavy (non-hydrogen) atoms. The van der Waals surface area contributed by atoms with Gasteiger partial charge in [-0.3, -0.25) is 0 Å². The molecule has 100 valence electrons. The third-order valence-electron chi connectivity index (χ3n) is 3.90. The van der Waals surface area contributed by atoms with Crippen molar-refractivity contribution >= 4 is 0 Å². The molecule has 2 rings (SSSR count). The summed E-state index contributed by atoms with van der Waals surface area (Å²) >= 11 is 0. The zero-order valence-electron chi connectivity index (χ0n) is 12.3. The van der Waals surface area contributed by atoms with Gasteiger partial charge in [-0.25, -0.2) is 0 Å². The van der Waals surface area contributed by atoms with Gasteiger partial charge in [0.25, 0.3) is 0 Å². The molecule has 2 aromatic carbocycles. The zero-order chi connectivity index (χ0) is 14.0. The molecule has 0 aliphatic heterocycles. The van der Waals surface area contributed by atoms with E-state index in [-0.39, 0.29) is 0 Å². The summed E-state index contributed by atoms with van der Waals surface area (Å²) in [5.74, 6) is 0. The Morgan fingerprint density at radius 1 is 1.00 bits per heavy atom. The van der Waals surface area contributed by atoms with Gasteiger partial charge < -0.3 is 5.73 Å². The van der Waals surface area contributed by atoms with Gasteiger partial charge in [-0.2, -0.15) is 0 Å². The van der Waals surface area contributed by atoms with Crippen LogP contribution in [0.5, 0.6) is 0 Å². The predicted molar refractivity (Wildman–Crippen MR) is 82.4 cm³/mol. The van der Waals surface area contributed by atoms with Crippen molar-refractivity contribution in [3.63, 3.8) is 0 Å². The topological polar surface area (TPSA) is 26.0 Å². The van der Waals surface area contributed by atoms with Crippen molar-refractivity contribution in [2.24, 2.45) is 5.73 Å². The Morgan fingerprint density at radius 3 is 2.16 bits per heavy atom. The van der Waals surface area contributed by atoms with Crippen molar-refractivity contribution in [3.8, 4) is 0 Å². The molecule has 1 atom stereocenters. The second-order valence-electron chi connectivity index (χ2n) is 5.57. The highest BCUT2D eigenvalue weighted by atomic mass is 14.7. The second-order valence-corrected chi connectivity index (χ2v) is 5.57. The molecule has 1 unspecified atom stereocenters. The van der Waals surface area contributed by atoms with Crippen LogP contribution in [-0.4, -0.2) is 0 Å². The van der Waals surface area contributed by atoms with E-state index >= 15 is 0 Å². The van der Waals surface area contributed by atoms with E-state index in [2.05, 4.69) is 70.2 Å². The summed E-state index contributed by atoms with van der Waals surface area (Å²) in [5, 5.41) is 0. The average molecular weight is 253 g/mol. The third kappa shape index (κ3) is 2.71. The maximum atomic E-state index is 6.60. The first-order valence-corrected chi connectivity index (χ1v) is 6.91. The van der Waals surface area contributed by atoms with E-state index in [1.807, 2.05) is 0 Å². The number of rotatable bonds is 3. The lowest BCUT2D eigenvalue weighted by Gasteiger charge is -2.28. The van der Waals surface area contributed by atoms with Crippen LogP contribution in [0, 0.1) is 13.8 Å². The first-order valence-electron chi connectivity index (χ1n) is 6.91. The van der Waals surface area contributed by atoms with Crippen LogP contribution in [0.15, 0.2) is 42.5 Å². The first kappa shape index (κ1) is 13.8. The molecule has 0 saturated heterocycles. The molecule has 1 heteroatoms. The van der Waals surface area contributed by atoms with Gasteiger partial charge in [0.15, 0.2) is 0 Å². The van der Waals surface area contributed by atoms with E-state index in [9.17, 15) is 0 Å². The van der Waals surface area contributed by atoms with Gasteiger partial charge in [-0.1, -0.05) is 55.0 Å². The highest BCUT2D eigenvalue weighted by Gasteiger charge is 2.25. The molecule has 0 fully saturated rings. The summed E-state index contributed by atoms with van der Waals surface area (Å²) in [5.41, 5.74) is 12.4. The van der Waals surface area contributed by atoms with E-state index in [0.29, 0.717) is 0 Å². The van der Waals surface area contributed by atoms with Gasteiger partial charge in [0.1, 0.15) is 0 Å². The summed E-state index contributed by atoms with van der Waals surface area (Å²) < 4.78 is 0. The van der Waals surface area contributed by atoms with Crippen molar-refractivity contribution in [2.75, 3.05) is 0 Å². The fourth-order valence-corrected chi connectivity index (χ4v) is 2.64. The SMILES string of the molecule is CCc1ccc(C(C)(N)c2ccc(C)cc2C)cc1. The molecule has 0 aliphatic rings. The van der Waals surface area contributed by atoms with Crippen LogP contribution in [0.2, 0.25) is 0 Å². The highest BCUT2D eigenvalue weighted by Crippen LogP contribution is 2.29. The van der Waals surface area contributed by atoms with Crippen LogP contribution in [0.25, 0.3) is 0 Å². The largest absolute Gasteiger partial charge is 0.318 e. The summed E-state index contributed by atoms with van der Waals surface area (Å²) in [6, 6.07) is 15.1. The van der Waals surface area contributed by atoms with Crippen molar-refractivity contribution in [1.82, 2.24) is 0 Å². The molecule has 1 nitrogen and oxygen atoms in total. The molecule has 0 amide bonds. The Kier molecular flexibility index (Phi) is 3.77. The summed E-state index contributed by atoms with van der Waals surface area (Å²) in [6.45, 7) is 8.50. The Morgan fingerprint density at radius 2 is 1.63 bits per heavy atom. The van der Waals surface area contributed by atoms with Gasteiger partial charge in [0, 0.05) is 0 Å². The fraction of sp³-hybridized carbons (Fsp3) is 0.333. The minimum Gasteiger partial charge on any atom is -0.318 e. The lowest BCUT2D eigenvalue weighted by molar-refractivity contribution is 0.598. The standard InChI is InChI=1S/C18H23N/c1-5-15-7-9-16(10-8-15)18(4,19)17-11-6-13(2)12-14(17)3/h6-12H,5,19H2,1-4H3. The van der Waals surface area contributed by atoms with E-state index in [4.69, 9.17) is 5.73 Å². The summed E-state index contributed by atoms with van der Waals surface area (Å²) in [7, 11) is 0. The summed E-state index contributed by atoms with van der Waals surface area (Å²) in [4.78, 5) is 0. The van der Waals surface area contributed by atoms with E-state index in [1.165, 1.54) is 22.3 Å². The maximum Gasteiger partial charge on any atom is 0.0639 e. The average Bonchev–Trinajstić information content (AvgIpc) is 2.38. The fourth-order valence-electron chi connectivity index (χ4n) is 2.64. The molecule has 0 radical (unpaired) electrons. The monoisotopic (exact) mass is 253 g/mol. The Hall–Kier alpha value is -1.60. The lowest BCUT2D eigenvalue weighted by Crippen LogP contribution is -2.35. The van der Waals surface area contributed by atoms with Gasteiger partial charge in [-0.05, 0) is 49.4 Å². The minimum absolute atomic E-state index is 0.440. The first-order chi connectivity index (χ1) is 8.95. The third-order valence-corrected chi connectivity index (χ3v) is 3.90. The van der Waals surface area contributed by atoms with Crippen LogP contribution >= 0.6 is 0 Å². The maximum absolute atomic E-state index is 6.60. The number of benzene rings is 2. The highest BCUT2D eigenvalue weighted by molar-refractivity contribution is 5.43. The molecule has 2 N–H and O–H groups in total. The molecule has 0 heterocycles. The molecule has 0 aliphatic carbocycles. The quantitative estimate of drug-likeness (QED) is 0.876. The van der Waals surface area contributed by atoms with Crippen molar-refractivity contribution in [3.05, 3.63) is 70.3 Å². The number of hydrogen-bond donors (Lipinski definition) is 1. The predicted octanol–water partition coefficient (Wildman–Crippen LogP) is 4.09. The second kappa shape index (κ2) is 5.18. The van der Waals surface area contributed by atoms with E-state index in [1.54, 1.807) is 0 Å². The van der Waals surface area contributed by atoms with E-state index < -0.39 is 5.54 Å². The molecule has 0 aromatic heterocycles. The molecule has 0 spiro atoms. The van der Waals surface area contributed by atoms with E-state index in [0.717, 1.165) is 12.0 Å². The van der Waals surface area contributed by atoms with Crippen molar-refractivity contribution in [1.29, 1.82) is 0 Å². The van der Waals surface area contributed by atoms with Crippen LogP contribution in [0.1, 0.15) is 41.7 Å². The molecule has 0 saturated carbocycles. The molecular weight excluding hydrogens is 230 g/mol. The number of nitrogens with two attached hydrogens (primary N) is 1. The van der Waals surface area contributed by atoms with Gasteiger partial charge in [0.05, 0.1) is 5.54 Å². The Labute approximate surface area is 116 Å². The van der Waals surface area contributed by atoms with Crippen molar-refractivity contribution < 1.29 is 0 Å². The number of aryl methyl sites for hydroxylation is 3. The Bertz CT molecular complexity index is 565. The smallest absolute Gasteiger partial charge is 0.0639 e. The van der Waals surface area contributed by atoms with Crippen LogP contribution < -0.4 is 5.73 Å². The van der Waals surface area contributed by atoms with Crippen LogP contribution in [0.4, 0.5) is 0 Å². The van der Waals surface area contributed by atoms with Crippen LogP contribution in [-0.2, 0) is 12.0 Å². The normalized spacial score (nSPS) is 14.2. The zero-order valence-corrected chi connectivity index (χ0v) is 12.3. The van der Waals surface area contributed by atoms with Crippen molar-refractivity contribution in [2.45, 2.75) is 39.7 Å². The molecular formula is C18H23N. The molecule has 2 aromatic rings. The summed E-state index contributed by atoms with van der Waals surface area (Å²) in [6.07, 6.45) is 1.06.